The Hall–Kier alpha value is -2.48. The number of hydrazine groups is 1. The molecule has 1 unspecified atom stereocenters. The summed E-state index contributed by atoms with van der Waals surface area (Å²) in [7, 11) is 1.72. The molecule has 142 valence electrons. The Bertz CT molecular complexity index is 983. The first-order valence-corrected chi connectivity index (χ1v) is 9.32. The molecule has 8 heteroatoms. The van der Waals surface area contributed by atoms with Crippen LogP contribution in [-0.2, 0) is 4.74 Å². The van der Waals surface area contributed by atoms with Crippen molar-refractivity contribution in [2.75, 3.05) is 13.7 Å². The lowest BCUT2D eigenvalue weighted by molar-refractivity contribution is -0.0394. The number of hydrogen-bond acceptors (Lipinski definition) is 5. The summed E-state index contributed by atoms with van der Waals surface area (Å²) in [4.78, 5) is 0. The molecule has 1 aliphatic heterocycles. The Labute approximate surface area is 162 Å². The minimum Gasteiger partial charge on any atom is -0.384 e. The van der Waals surface area contributed by atoms with Gasteiger partial charge in [0.15, 0.2) is 0 Å². The number of nitrogens with zero attached hydrogens (tertiary/aromatic N) is 4. The topological polar surface area (TPSA) is 87.3 Å². The number of fused-ring (bicyclic) bond motifs is 1. The lowest BCUT2D eigenvalue weighted by Gasteiger charge is -2.22. The van der Waals surface area contributed by atoms with Gasteiger partial charge in [0, 0.05) is 47.6 Å². The summed E-state index contributed by atoms with van der Waals surface area (Å²) in [6, 6.07) is 5.77. The molecule has 0 spiro atoms. The van der Waals surface area contributed by atoms with E-state index in [0.29, 0.717) is 10.8 Å². The number of ether oxygens (including phenoxy) is 1. The van der Waals surface area contributed by atoms with E-state index in [1.807, 2.05) is 46.0 Å². The van der Waals surface area contributed by atoms with Crippen molar-refractivity contribution in [3.8, 4) is 11.1 Å². The zero-order valence-corrected chi connectivity index (χ0v) is 15.9. The van der Waals surface area contributed by atoms with Gasteiger partial charge >= 0.3 is 0 Å². The number of hydrogen-bond donors (Lipinski definition) is 2. The van der Waals surface area contributed by atoms with Crippen LogP contribution in [-0.4, -0.2) is 33.0 Å². The molecule has 1 atom stereocenters. The summed E-state index contributed by atoms with van der Waals surface area (Å²) >= 11 is 6.22. The molecule has 2 aromatic heterocycles. The van der Waals surface area contributed by atoms with Gasteiger partial charge in [0.2, 0.25) is 0 Å². The van der Waals surface area contributed by atoms with Gasteiger partial charge in [-0.1, -0.05) is 17.7 Å². The van der Waals surface area contributed by atoms with Crippen LogP contribution in [0.2, 0.25) is 5.02 Å². The Balaban J connectivity index is 1.79. The van der Waals surface area contributed by atoms with Crippen molar-refractivity contribution in [2.45, 2.75) is 25.5 Å². The first kappa shape index (κ1) is 17.9. The van der Waals surface area contributed by atoms with Crippen LogP contribution in [0.15, 0.2) is 43.0 Å². The fourth-order valence-electron chi connectivity index (χ4n) is 3.48. The number of halogens is 1. The van der Waals surface area contributed by atoms with Crippen LogP contribution in [0.25, 0.3) is 27.9 Å². The minimum atomic E-state index is 0.00569. The number of rotatable bonds is 4. The van der Waals surface area contributed by atoms with Crippen molar-refractivity contribution in [3.63, 3.8) is 0 Å². The highest BCUT2D eigenvalue weighted by atomic mass is 35.5. The third-order valence-corrected chi connectivity index (χ3v) is 4.98. The van der Waals surface area contributed by atoms with Crippen molar-refractivity contribution in [1.29, 1.82) is 0 Å². The van der Waals surface area contributed by atoms with E-state index in [1.54, 1.807) is 13.2 Å². The number of aromatic nitrogens is 3. The molecule has 0 amide bonds. The second-order valence-electron chi connectivity index (χ2n) is 6.82. The van der Waals surface area contributed by atoms with Crippen molar-refractivity contribution >= 4 is 28.3 Å². The zero-order chi connectivity index (χ0) is 19.0. The van der Waals surface area contributed by atoms with Gasteiger partial charge in [-0.25, -0.2) is 10.5 Å². The third-order valence-electron chi connectivity index (χ3n) is 4.74. The molecule has 3 aromatic rings. The first-order chi connectivity index (χ1) is 13.0. The maximum Gasteiger partial charge on any atom is 0.150 e. The first-order valence-electron chi connectivity index (χ1n) is 8.95. The normalized spacial score (nSPS) is 18.2. The standard InChI is InChI=1S/C19H23ClN6O/c1-24(22)12-18(21)25-11-16(15-6-5-14(20)8-17(15)25)13-9-23-26(10-13)19-4-2-3-7-27-19/h5-6,8-12,19H,2-4,7,21-22H2,1H3/b18-12+. The lowest BCUT2D eigenvalue weighted by Crippen LogP contribution is -2.21. The van der Waals surface area contributed by atoms with Crippen LogP contribution in [0.3, 0.4) is 0 Å². The number of benzene rings is 1. The van der Waals surface area contributed by atoms with Crippen LogP contribution in [0, 0.1) is 0 Å². The average Bonchev–Trinajstić information content (AvgIpc) is 3.26. The van der Waals surface area contributed by atoms with E-state index in [4.69, 9.17) is 27.9 Å². The van der Waals surface area contributed by atoms with Crippen molar-refractivity contribution < 1.29 is 4.74 Å². The van der Waals surface area contributed by atoms with Gasteiger partial charge in [-0.3, -0.25) is 0 Å². The van der Waals surface area contributed by atoms with E-state index in [2.05, 4.69) is 5.10 Å². The zero-order valence-electron chi connectivity index (χ0n) is 15.2. The molecule has 4 N–H and O–H groups in total. The predicted octanol–water partition coefficient (Wildman–Crippen LogP) is 3.38. The Morgan fingerprint density at radius 3 is 2.96 bits per heavy atom. The van der Waals surface area contributed by atoms with Crippen molar-refractivity contribution in [2.24, 2.45) is 11.6 Å². The van der Waals surface area contributed by atoms with Crippen LogP contribution >= 0.6 is 11.6 Å². The largest absolute Gasteiger partial charge is 0.384 e. The molecule has 1 saturated heterocycles. The number of nitrogens with two attached hydrogens (primary N) is 2. The molecule has 0 bridgehead atoms. The van der Waals surface area contributed by atoms with Crippen LogP contribution in [0.4, 0.5) is 0 Å². The maximum absolute atomic E-state index is 6.24. The molecular formula is C19H23ClN6O. The van der Waals surface area contributed by atoms with Crippen LogP contribution < -0.4 is 11.6 Å². The Morgan fingerprint density at radius 2 is 2.22 bits per heavy atom. The van der Waals surface area contributed by atoms with E-state index >= 15 is 0 Å². The van der Waals surface area contributed by atoms with Crippen LogP contribution in [0.1, 0.15) is 25.5 Å². The molecule has 1 aromatic carbocycles. The molecule has 0 saturated carbocycles. The highest BCUT2D eigenvalue weighted by Crippen LogP contribution is 2.34. The fourth-order valence-corrected chi connectivity index (χ4v) is 3.65. The smallest absolute Gasteiger partial charge is 0.150 e. The average molecular weight is 387 g/mol. The molecule has 1 aliphatic rings. The van der Waals surface area contributed by atoms with Gasteiger partial charge in [0.1, 0.15) is 12.0 Å². The summed E-state index contributed by atoms with van der Waals surface area (Å²) in [5.41, 5.74) is 9.19. The SMILES string of the molecule is CN(N)/C=C(\N)n1cc(-c2cnn(C3CCCCO3)c2)c2ccc(Cl)cc21. The molecule has 4 rings (SSSR count). The lowest BCUT2D eigenvalue weighted by atomic mass is 10.1. The molecular weight excluding hydrogens is 364 g/mol. The minimum absolute atomic E-state index is 0.00569. The van der Waals surface area contributed by atoms with E-state index in [-0.39, 0.29) is 6.23 Å². The quantitative estimate of drug-likeness (QED) is 0.530. The predicted molar refractivity (Wildman–Crippen MR) is 107 cm³/mol. The third kappa shape index (κ3) is 3.53. The summed E-state index contributed by atoms with van der Waals surface area (Å²) in [6.07, 6.45) is 10.8. The van der Waals surface area contributed by atoms with Gasteiger partial charge in [-0.05, 0) is 31.4 Å². The van der Waals surface area contributed by atoms with E-state index in [9.17, 15) is 0 Å². The molecule has 7 nitrogen and oxygen atoms in total. The van der Waals surface area contributed by atoms with Gasteiger partial charge in [-0.2, -0.15) is 5.10 Å². The van der Waals surface area contributed by atoms with Crippen LogP contribution in [0.5, 0.6) is 0 Å². The molecule has 3 heterocycles. The van der Waals surface area contributed by atoms with E-state index in [1.165, 1.54) is 5.01 Å². The molecule has 0 radical (unpaired) electrons. The molecule has 1 fully saturated rings. The van der Waals surface area contributed by atoms with Crippen molar-refractivity contribution in [3.05, 3.63) is 48.0 Å². The van der Waals surface area contributed by atoms with Gasteiger partial charge in [0.25, 0.3) is 0 Å². The van der Waals surface area contributed by atoms with E-state index < -0.39 is 0 Å². The monoisotopic (exact) mass is 386 g/mol. The molecule has 0 aliphatic carbocycles. The Morgan fingerprint density at radius 1 is 1.37 bits per heavy atom. The summed E-state index contributed by atoms with van der Waals surface area (Å²) in [5, 5.41) is 7.63. The summed E-state index contributed by atoms with van der Waals surface area (Å²) in [6.45, 7) is 0.783. The second-order valence-corrected chi connectivity index (χ2v) is 7.26. The maximum atomic E-state index is 6.24. The van der Waals surface area contributed by atoms with E-state index in [0.717, 1.165) is 47.9 Å². The van der Waals surface area contributed by atoms with Crippen molar-refractivity contribution in [1.82, 2.24) is 19.4 Å². The summed E-state index contributed by atoms with van der Waals surface area (Å²) < 4.78 is 9.62. The van der Waals surface area contributed by atoms with Gasteiger partial charge < -0.3 is 20.0 Å². The summed E-state index contributed by atoms with van der Waals surface area (Å²) in [5.74, 6) is 6.22. The highest BCUT2D eigenvalue weighted by molar-refractivity contribution is 6.31. The fraction of sp³-hybridized carbons (Fsp3) is 0.316. The second kappa shape index (κ2) is 7.26. The molecule has 27 heavy (non-hydrogen) atoms. The van der Waals surface area contributed by atoms with Gasteiger partial charge in [0.05, 0.1) is 17.9 Å². The Kier molecular flexibility index (Phi) is 4.82. The highest BCUT2D eigenvalue weighted by Gasteiger charge is 2.19. The van der Waals surface area contributed by atoms with Gasteiger partial charge in [-0.15, -0.1) is 0 Å².